The zero-order valence-corrected chi connectivity index (χ0v) is 23.7. The van der Waals surface area contributed by atoms with Crippen molar-refractivity contribution in [3.63, 3.8) is 0 Å². The fraction of sp³-hybridized carbons (Fsp3) is 0.485. The Kier molecular flexibility index (Phi) is 9.68. The molecule has 0 fully saturated rings. The molecule has 0 radical (unpaired) electrons. The van der Waals surface area contributed by atoms with E-state index in [9.17, 15) is 4.79 Å². The van der Waals surface area contributed by atoms with Crippen LogP contribution in [-0.2, 0) is 0 Å². The SMILES string of the molecule is CCCCCCCCOc1ccccc1C(=O)Nc1ccc2[nH]cc(C3=CCN(CC(C)(C)C)CC3)c2c1. The smallest absolute Gasteiger partial charge is 0.259 e. The van der Waals surface area contributed by atoms with Crippen molar-refractivity contribution < 1.29 is 9.53 Å². The van der Waals surface area contributed by atoms with Crippen molar-refractivity contribution in [2.75, 3.05) is 31.6 Å². The Morgan fingerprint density at radius 3 is 2.61 bits per heavy atom. The van der Waals surface area contributed by atoms with E-state index >= 15 is 0 Å². The van der Waals surface area contributed by atoms with E-state index in [1.54, 1.807) is 0 Å². The standard InChI is InChI=1S/C33H45N3O2/c1-5-6-7-8-9-12-21-38-31-14-11-10-13-27(31)32(37)35-26-15-16-30-28(22-26)29(23-34-30)25-17-19-36(20-18-25)24-33(2,3)4/h10-11,13-17,22-23,34H,5-9,12,18-21,24H2,1-4H3,(H,35,37). The Balaban J connectivity index is 1.40. The molecule has 5 nitrogen and oxygen atoms in total. The molecule has 38 heavy (non-hydrogen) atoms. The number of fused-ring (bicyclic) bond motifs is 1. The highest BCUT2D eigenvalue weighted by Crippen LogP contribution is 2.32. The van der Waals surface area contributed by atoms with Crippen LogP contribution in [-0.4, -0.2) is 42.0 Å². The molecule has 0 bridgehead atoms. The van der Waals surface area contributed by atoms with Gasteiger partial charge in [0.25, 0.3) is 5.91 Å². The van der Waals surface area contributed by atoms with Gasteiger partial charge in [-0.25, -0.2) is 0 Å². The van der Waals surface area contributed by atoms with E-state index < -0.39 is 0 Å². The number of aromatic amines is 1. The summed E-state index contributed by atoms with van der Waals surface area (Å²) in [7, 11) is 0. The molecular weight excluding hydrogens is 470 g/mol. The summed E-state index contributed by atoms with van der Waals surface area (Å²) in [4.78, 5) is 19.2. The van der Waals surface area contributed by atoms with Gasteiger partial charge in [-0.05, 0) is 54.2 Å². The first kappa shape index (κ1) is 28.0. The number of benzene rings is 2. The maximum atomic E-state index is 13.2. The minimum Gasteiger partial charge on any atom is -0.493 e. The van der Waals surface area contributed by atoms with Crippen molar-refractivity contribution in [2.45, 2.75) is 72.6 Å². The molecule has 0 atom stereocenters. The van der Waals surface area contributed by atoms with E-state index in [0.29, 0.717) is 23.3 Å². The minimum atomic E-state index is -0.144. The highest BCUT2D eigenvalue weighted by Gasteiger charge is 2.20. The van der Waals surface area contributed by atoms with Crippen LogP contribution in [0.4, 0.5) is 5.69 Å². The largest absolute Gasteiger partial charge is 0.493 e. The van der Waals surface area contributed by atoms with Crippen molar-refractivity contribution in [1.29, 1.82) is 0 Å². The fourth-order valence-electron chi connectivity index (χ4n) is 5.28. The summed E-state index contributed by atoms with van der Waals surface area (Å²) < 4.78 is 6.02. The Hall–Kier alpha value is -3.05. The van der Waals surface area contributed by atoms with Crippen LogP contribution in [0.3, 0.4) is 0 Å². The maximum absolute atomic E-state index is 13.2. The van der Waals surface area contributed by atoms with Crippen LogP contribution in [0.25, 0.3) is 16.5 Å². The number of rotatable bonds is 12. The monoisotopic (exact) mass is 515 g/mol. The molecule has 0 spiro atoms. The van der Waals surface area contributed by atoms with E-state index in [-0.39, 0.29) is 5.91 Å². The molecule has 0 saturated heterocycles. The molecule has 2 N–H and O–H groups in total. The van der Waals surface area contributed by atoms with E-state index in [1.165, 1.54) is 43.2 Å². The first-order chi connectivity index (χ1) is 18.3. The highest BCUT2D eigenvalue weighted by atomic mass is 16.5. The first-order valence-electron chi connectivity index (χ1n) is 14.4. The van der Waals surface area contributed by atoms with E-state index in [4.69, 9.17) is 4.74 Å². The lowest BCUT2D eigenvalue weighted by Crippen LogP contribution is -2.35. The summed E-state index contributed by atoms with van der Waals surface area (Å²) in [6.45, 7) is 12.9. The molecule has 1 aliphatic rings. The number of nitrogens with zero attached hydrogens (tertiary/aromatic N) is 1. The molecule has 1 amide bonds. The Bertz CT molecular complexity index is 1230. The van der Waals surface area contributed by atoms with Crippen molar-refractivity contribution in [3.05, 3.63) is 65.9 Å². The lowest BCUT2D eigenvalue weighted by atomic mass is 9.93. The number of ether oxygens (including phenoxy) is 1. The number of hydrogen-bond donors (Lipinski definition) is 2. The Morgan fingerprint density at radius 1 is 1.05 bits per heavy atom. The zero-order chi connectivity index (χ0) is 27.0. The van der Waals surface area contributed by atoms with Crippen molar-refractivity contribution in [1.82, 2.24) is 9.88 Å². The number of H-pyrrole nitrogens is 1. The summed E-state index contributed by atoms with van der Waals surface area (Å²) in [5.74, 6) is 0.504. The van der Waals surface area contributed by atoms with Crippen LogP contribution in [0.1, 0.15) is 88.6 Å². The summed E-state index contributed by atoms with van der Waals surface area (Å²) in [6.07, 6.45) is 12.8. The molecule has 5 heteroatoms. The second-order valence-corrected chi connectivity index (χ2v) is 11.8. The van der Waals surface area contributed by atoms with Gasteiger partial charge in [-0.3, -0.25) is 9.69 Å². The van der Waals surface area contributed by atoms with Gasteiger partial charge < -0.3 is 15.0 Å². The molecule has 2 heterocycles. The normalized spacial score (nSPS) is 14.5. The lowest BCUT2D eigenvalue weighted by Gasteiger charge is -2.32. The third-order valence-electron chi connectivity index (χ3n) is 7.16. The van der Waals surface area contributed by atoms with Crippen molar-refractivity contribution >= 4 is 28.1 Å². The number of para-hydroxylation sites is 1. The van der Waals surface area contributed by atoms with Gasteiger partial charge >= 0.3 is 0 Å². The van der Waals surface area contributed by atoms with Gasteiger partial charge in [-0.15, -0.1) is 0 Å². The zero-order valence-electron chi connectivity index (χ0n) is 23.7. The van der Waals surface area contributed by atoms with Crippen LogP contribution in [0, 0.1) is 5.41 Å². The number of amides is 1. The molecule has 2 aromatic carbocycles. The van der Waals surface area contributed by atoms with Gasteiger partial charge in [0.15, 0.2) is 0 Å². The quantitative estimate of drug-likeness (QED) is 0.239. The average molecular weight is 516 g/mol. The number of hydrogen-bond acceptors (Lipinski definition) is 3. The molecule has 1 aliphatic heterocycles. The summed E-state index contributed by atoms with van der Waals surface area (Å²) in [5.41, 5.74) is 5.35. The molecule has 1 aromatic heterocycles. The van der Waals surface area contributed by atoms with E-state index in [1.807, 2.05) is 36.4 Å². The molecule has 0 unspecified atom stereocenters. The molecule has 204 valence electrons. The second-order valence-electron chi connectivity index (χ2n) is 11.8. The number of aromatic nitrogens is 1. The van der Waals surface area contributed by atoms with Gasteiger partial charge in [0.1, 0.15) is 5.75 Å². The Labute approximate surface area is 228 Å². The Morgan fingerprint density at radius 2 is 1.84 bits per heavy atom. The molecular formula is C33H45N3O2. The van der Waals surface area contributed by atoms with Gasteiger partial charge in [0, 0.05) is 48.0 Å². The number of carbonyl (C=O) groups is 1. The molecule has 3 aromatic rings. The predicted octanol–water partition coefficient (Wildman–Crippen LogP) is 8.29. The van der Waals surface area contributed by atoms with E-state index in [2.05, 4.69) is 61.2 Å². The molecule has 0 saturated carbocycles. The lowest BCUT2D eigenvalue weighted by molar-refractivity contribution is 0.102. The van der Waals surface area contributed by atoms with Crippen LogP contribution >= 0.6 is 0 Å². The number of anilines is 1. The van der Waals surface area contributed by atoms with Crippen molar-refractivity contribution in [2.24, 2.45) is 5.41 Å². The molecule has 4 rings (SSSR count). The van der Waals surface area contributed by atoms with Gasteiger partial charge in [-0.2, -0.15) is 0 Å². The van der Waals surface area contributed by atoms with Gasteiger partial charge in [0.05, 0.1) is 12.2 Å². The van der Waals surface area contributed by atoms with E-state index in [0.717, 1.165) is 49.1 Å². The van der Waals surface area contributed by atoms with Crippen molar-refractivity contribution in [3.8, 4) is 5.75 Å². The summed E-state index contributed by atoms with van der Waals surface area (Å²) in [5, 5.41) is 4.25. The van der Waals surface area contributed by atoms with Crippen LogP contribution in [0.2, 0.25) is 0 Å². The number of nitrogens with one attached hydrogen (secondary N) is 2. The van der Waals surface area contributed by atoms with Crippen LogP contribution < -0.4 is 10.1 Å². The summed E-state index contributed by atoms with van der Waals surface area (Å²) in [6, 6.07) is 13.6. The third-order valence-corrected chi connectivity index (χ3v) is 7.16. The minimum absolute atomic E-state index is 0.144. The third kappa shape index (κ3) is 7.73. The topological polar surface area (TPSA) is 57.4 Å². The number of unbranched alkanes of at least 4 members (excludes halogenated alkanes) is 5. The van der Waals surface area contributed by atoms with Crippen LogP contribution in [0.5, 0.6) is 5.75 Å². The fourth-order valence-corrected chi connectivity index (χ4v) is 5.28. The van der Waals surface area contributed by atoms with Gasteiger partial charge in [0.2, 0.25) is 0 Å². The first-order valence-corrected chi connectivity index (χ1v) is 14.4. The maximum Gasteiger partial charge on any atom is 0.259 e. The summed E-state index contributed by atoms with van der Waals surface area (Å²) >= 11 is 0. The molecule has 0 aliphatic carbocycles. The van der Waals surface area contributed by atoms with Gasteiger partial charge in [-0.1, -0.05) is 78.0 Å². The predicted molar refractivity (Wildman–Crippen MR) is 160 cm³/mol. The second kappa shape index (κ2) is 13.1. The average Bonchev–Trinajstić information content (AvgIpc) is 3.31. The highest BCUT2D eigenvalue weighted by molar-refractivity contribution is 6.07. The number of carbonyl (C=O) groups excluding carboxylic acids is 1. The van der Waals surface area contributed by atoms with Crippen LogP contribution in [0.15, 0.2) is 54.7 Å².